The van der Waals surface area contributed by atoms with Crippen LogP contribution in [-0.4, -0.2) is 47.1 Å². The fourth-order valence-corrected chi connectivity index (χ4v) is 3.21. The highest BCUT2D eigenvalue weighted by atomic mass is 19.4. The molecule has 3 aromatic rings. The molecule has 1 aliphatic rings. The van der Waals surface area contributed by atoms with Gasteiger partial charge in [0.15, 0.2) is 11.5 Å². The lowest BCUT2D eigenvalue weighted by atomic mass is 10.2. The van der Waals surface area contributed by atoms with Crippen LogP contribution in [0.1, 0.15) is 11.5 Å². The van der Waals surface area contributed by atoms with Gasteiger partial charge < -0.3 is 19.5 Å². The van der Waals surface area contributed by atoms with Crippen molar-refractivity contribution in [3.05, 3.63) is 54.1 Å². The lowest BCUT2D eigenvalue weighted by molar-refractivity contribution is -0.140. The number of hydrogen-bond donors (Lipinski definition) is 1. The summed E-state index contributed by atoms with van der Waals surface area (Å²) in [6.45, 7) is 1.25. The molecular formula is C19H18F3N5O2. The number of nitrogens with zero attached hydrogens (tertiary/aromatic N) is 4. The van der Waals surface area contributed by atoms with Crippen molar-refractivity contribution in [2.45, 2.75) is 12.7 Å². The van der Waals surface area contributed by atoms with Gasteiger partial charge in [0.05, 0.1) is 23.8 Å². The van der Waals surface area contributed by atoms with Crippen molar-refractivity contribution in [2.75, 3.05) is 31.1 Å². The number of carbonyl (C=O) groups excluding carboxylic acids is 1. The van der Waals surface area contributed by atoms with Gasteiger partial charge in [-0.3, -0.25) is 0 Å². The molecule has 2 aromatic heterocycles. The number of halogens is 3. The smallest absolute Gasteiger partial charge is 0.437 e. The van der Waals surface area contributed by atoms with Crippen molar-refractivity contribution in [3.8, 4) is 0 Å². The van der Waals surface area contributed by atoms with Crippen LogP contribution < -0.4 is 10.2 Å². The van der Waals surface area contributed by atoms with Gasteiger partial charge in [0, 0.05) is 26.2 Å². The van der Waals surface area contributed by atoms with E-state index in [4.69, 9.17) is 4.42 Å². The van der Waals surface area contributed by atoms with E-state index in [2.05, 4.69) is 15.3 Å². The minimum atomic E-state index is -4.62. The summed E-state index contributed by atoms with van der Waals surface area (Å²) < 4.78 is 45.8. The number of alkyl halides is 3. The Hall–Kier alpha value is -3.30. The summed E-state index contributed by atoms with van der Waals surface area (Å²) in [5.41, 5.74) is -0.416. The maximum absolute atomic E-state index is 13.6. The number of benzene rings is 1. The second kappa shape index (κ2) is 7.61. The monoisotopic (exact) mass is 405 g/mol. The van der Waals surface area contributed by atoms with Crippen LogP contribution in [0, 0.1) is 0 Å². The maximum Gasteiger partial charge on any atom is 0.437 e. The molecule has 2 amide bonds. The molecule has 29 heavy (non-hydrogen) atoms. The normalized spacial score (nSPS) is 15.0. The number of para-hydroxylation sites is 2. The summed E-state index contributed by atoms with van der Waals surface area (Å²) in [6.07, 6.45) is -3.10. The highest BCUT2D eigenvalue weighted by molar-refractivity contribution is 5.77. The minimum absolute atomic E-state index is 0.194. The third-order valence-electron chi connectivity index (χ3n) is 4.68. The molecule has 4 rings (SSSR count). The number of anilines is 1. The second-order valence-electron chi connectivity index (χ2n) is 6.59. The number of urea groups is 1. The number of amides is 2. The number of furan rings is 1. The molecule has 0 spiro atoms. The Labute approximate surface area is 164 Å². The van der Waals surface area contributed by atoms with Crippen LogP contribution in [0.15, 0.2) is 47.1 Å². The van der Waals surface area contributed by atoms with Gasteiger partial charge in [0.2, 0.25) is 0 Å². The van der Waals surface area contributed by atoms with Gasteiger partial charge >= 0.3 is 12.2 Å². The molecule has 7 nitrogen and oxygen atoms in total. The van der Waals surface area contributed by atoms with E-state index in [0.717, 1.165) is 0 Å². The first-order valence-electron chi connectivity index (χ1n) is 9.06. The summed E-state index contributed by atoms with van der Waals surface area (Å²) in [6, 6.07) is 9.64. The number of fused-ring (bicyclic) bond motifs is 1. The molecule has 1 aliphatic heterocycles. The van der Waals surface area contributed by atoms with Gasteiger partial charge in [-0.1, -0.05) is 12.1 Å². The van der Waals surface area contributed by atoms with Gasteiger partial charge in [0.25, 0.3) is 0 Å². The van der Waals surface area contributed by atoms with Crippen LogP contribution in [-0.2, 0) is 12.7 Å². The van der Waals surface area contributed by atoms with Crippen molar-refractivity contribution in [1.29, 1.82) is 0 Å². The Bertz CT molecular complexity index is 999. The first-order valence-corrected chi connectivity index (χ1v) is 9.06. The first kappa shape index (κ1) is 19.0. The summed E-state index contributed by atoms with van der Waals surface area (Å²) in [5, 5.41) is 2.74. The summed E-state index contributed by atoms with van der Waals surface area (Å²) >= 11 is 0. The zero-order valence-corrected chi connectivity index (χ0v) is 15.3. The van der Waals surface area contributed by atoms with E-state index in [9.17, 15) is 18.0 Å². The molecule has 0 bridgehead atoms. The van der Waals surface area contributed by atoms with Crippen LogP contribution >= 0.6 is 0 Å². The lowest BCUT2D eigenvalue weighted by Gasteiger charge is -2.36. The summed E-state index contributed by atoms with van der Waals surface area (Å²) in [5.74, 6) is 0.421. The van der Waals surface area contributed by atoms with Gasteiger partial charge in [0.1, 0.15) is 5.76 Å². The molecular weight excluding hydrogens is 387 g/mol. The Morgan fingerprint density at radius 3 is 2.34 bits per heavy atom. The SMILES string of the molecule is O=C(NCc1ccco1)N1CCN(c2nc3ccccc3nc2C(F)(F)F)CC1. The number of nitrogens with one attached hydrogen (secondary N) is 1. The van der Waals surface area contributed by atoms with Gasteiger partial charge in [-0.15, -0.1) is 0 Å². The second-order valence-corrected chi connectivity index (χ2v) is 6.59. The first-order chi connectivity index (χ1) is 13.9. The highest BCUT2D eigenvalue weighted by Gasteiger charge is 2.39. The van der Waals surface area contributed by atoms with Gasteiger partial charge in [-0.2, -0.15) is 13.2 Å². The molecule has 1 saturated heterocycles. The van der Waals surface area contributed by atoms with Crippen LogP contribution in [0.25, 0.3) is 11.0 Å². The van der Waals surface area contributed by atoms with Crippen molar-refractivity contribution in [3.63, 3.8) is 0 Å². The maximum atomic E-state index is 13.6. The topological polar surface area (TPSA) is 74.5 Å². The molecule has 0 radical (unpaired) electrons. The zero-order chi connectivity index (χ0) is 20.4. The average molecular weight is 405 g/mol. The fourth-order valence-electron chi connectivity index (χ4n) is 3.21. The standard InChI is InChI=1S/C19H18F3N5O2/c20-19(21,22)16-17(25-15-6-2-1-5-14(15)24-16)26-7-9-27(10-8-26)18(28)23-12-13-4-3-11-29-13/h1-6,11H,7-10,12H2,(H,23,28). The molecule has 1 N–H and O–H groups in total. The molecule has 3 heterocycles. The zero-order valence-electron chi connectivity index (χ0n) is 15.3. The number of aromatic nitrogens is 2. The predicted molar refractivity (Wildman–Crippen MR) is 99.3 cm³/mol. The van der Waals surface area contributed by atoms with E-state index in [1.54, 1.807) is 35.2 Å². The fraction of sp³-hybridized carbons (Fsp3) is 0.316. The van der Waals surface area contributed by atoms with E-state index in [1.165, 1.54) is 17.2 Å². The molecule has 1 fully saturated rings. The van der Waals surface area contributed by atoms with Crippen molar-refractivity contribution in [1.82, 2.24) is 20.2 Å². The van der Waals surface area contributed by atoms with E-state index in [-0.39, 0.29) is 50.1 Å². The van der Waals surface area contributed by atoms with Crippen molar-refractivity contribution < 1.29 is 22.4 Å². The molecule has 0 atom stereocenters. The molecule has 152 valence electrons. The number of carbonyl (C=O) groups is 1. The predicted octanol–water partition coefficient (Wildman–Crippen LogP) is 3.27. The van der Waals surface area contributed by atoms with Gasteiger partial charge in [-0.05, 0) is 24.3 Å². The van der Waals surface area contributed by atoms with Crippen molar-refractivity contribution >= 4 is 22.9 Å². The van der Waals surface area contributed by atoms with Gasteiger partial charge in [-0.25, -0.2) is 14.8 Å². The number of hydrogen-bond acceptors (Lipinski definition) is 5. The molecule has 10 heteroatoms. The highest BCUT2D eigenvalue weighted by Crippen LogP contribution is 2.35. The third kappa shape index (κ3) is 4.10. The minimum Gasteiger partial charge on any atom is -0.467 e. The van der Waals surface area contributed by atoms with E-state index in [0.29, 0.717) is 11.3 Å². The van der Waals surface area contributed by atoms with Crippen LogP contribution in [0.5, 0.6) is 0 Å². The average Bonchev–Trinajstić information content (AvgIpc) is 3.24. The summed E-state index contributed by atoms with van der Waals surface area (Å²) in [7, 11) is 0. The number of piperazine rings is 1. The van der Waals surface area contributed by atoms with Crippen LogP contribution in [0.2, 0.25) is 0 Å². The quantitative estimate of drug-likeness (QED) is 0.724. The lowest BCUT2D eigenvalue weighted by Crippen LogP contribution is -2.52. The molecule has 0 saturated carbocycles. The molecule has 0 unspecified atom stereocenters. The molecule has 1 aromatic carbocycles. The largest absolute Gasteiger partial charge is 0.467 e. The Morgan fingerprint density at radius 2 is 1.72 bits per heavy atom. The Morgan fingerprint density at radius 1 is 1.03 bits per heavy atom. The van der Waals surface area contributed by atoms with E-state index in [1.807, 2.05) is 0 Å². The Kier molecular flexibility index (Phi) is 4.99. The van der Waals surface area contributed by atoms with E-state index < -0.39 is 11.9 Å². The molecule has 0 aliphatic carbocycles. The van der Waals surface area contributed by atoms with E-state index >= 15 is 0 Å². The number of rotatable bonds is 3. The third-order valence-corrected chi connectivity index (χ3v) is 4.68. The van der Waals surface area contributed by atoms with Crippen LogP contribution in [0.4, 0.5) is 23.8 Å². The van der Waals surface area contributed by atoms with Crippen LogP contribution in [0.3, 0.4) is 0 Å². The summed E-state index contributed by atoms with van der Waals surface area (Å²) in [4.78, 5) is 23.4. The van der Waals surface area contributed by atoms with Crippen molar-refractivity contribution in [2.24, 2.45) is 0 Å². The Balaban J connectivity index is 1.47.